The van der Waals surface area contributed by atoms with E-state index in [1.807, 2.05) is 13.0 Å². The summed E-state index contributed by atoms with van der Waals surface area (Å²) in [6.07, 6.45) is 2.67. The minimum Gasteiger partial charge on any atom is -0.427 e. The lowest BCUT2D eigenvalue weighted by Gasteiger charge is -2.22. The average molecular weight is 444 g/mol. The zero-order chi connectivity index (χ0) is 19.0. The molecule has 0 saturated carbocycles. The molecule has 2 N–H and O–H groups in total. The number of aromatic nitrogens is 3. The van der Waals surface area contributed by atoms with Crippen LogP contribution in [0, 0.1) is 19.8 Å². The van der Waals surface area contributed by atoms with Gasteiger partial charge in [0.1, 0.15) is 23.0 Å². The Bertz CT molecular complexity index is 921. The Hall–Kier alpha value is -1.90. The largest absolute Gasteiger partial charge is 0.427 e. The molecular formula is C19H27Cl2N5O3. The van der Waals surface area contributed by atoms with Gasteiger partial charge < -0.3 is 19.6 Å². The van der Waals surface area contributed by atoms with Crippen molar-refractivity contribution in [3.8, 4) is 0 Å². The Morgan fingerprint density at radius 3 is 2.66 bits per heavy atom. The van der Waals surface area contributed by atoms with Gasteiger partial charge in [-0.1, -0.05) is 0 Å². The first-order valence-corrected chi connectivity index (χ1v) is 9.55. The highest BCUT2D eigenvalue weighted by atomic mass is 35.5. The number of carbonyl (C=O) groups is 1. The van der Waals surface area contributed by atoms with Crippen molar-refractivity contribution in [3.63, 3.8) is 0 Å². The van der Waals surface area contributed by atoms with Crippen LogP contribution in [0.15, 0.2) is 15.3 Å². The van der Waals surface area contributed by atoms with E-state index < -0.39 is 5.63 Å². The lowest BCUT2D eigenvalue weighted by molar-refractivity contribution is 0.0941. The van der Waals surface area contributed by atoms with Gasteiger partial charge in [0, 0.05) is 31.3 Å². The third-order valence-electron chi connectivity index (χ3n) is 5.61. The van der Waals surface area contributed by atoms with Crippen LogP contribution in [0.5, 0.6) is 0 Å². The monoisotopic (exact) mass is 443 g/mol. The summed E-state index contributed by atoms with van der Waals surface area (Å²) in [4.78, 5) is 25.1. The molecule has 10 heteroatoms. The van der Waals surface area contributed by atoms with Crippen LogP contribution in [-0.2, 0) is 13.0 Å². The molecule has 0 aromatic carbocycles. The number of aryl methyl sites for hydroxylation is 2. The van der Waals surface area contributed by atoms with Crippen LogP contribution < -0.4 is 16.3 Å². The molecule has 0 aliphatic carbocycles. The summed E-state index contributed by atoms with van der Waals surface area (Å²) in [5, 5.41) is 14.4. The summed E-state index contributed by atoms with van der Waals surface area (Å²) in [7, 11) is 0. The quantitative estimate of drug-likeness (QED) is 0.745. The van der Waals surface area contributed by atoms with E-state index in [1.54, 1.807) is 6.92 Å². The fourth-order valence-corrected chi connectivity index (χ4v) is 4.07. The van der Waals surface area contributed by atoms with E-state index in [1.165, 1.54) is 0 Å². The number of halogens is 2. The van der Waals surface area contributed by atoms with Crippen molar-refractivity contribution in [3.05, 3.63) is 45.0 Å². The molecule has 2 aromatic rings. The van der Waals surface area contributed by atoms with Crippen LogP contribution in [0.4, 0.5) is 0 Å². The van der Waals surface area contributed by atoms with Crippen LogP contribution in [0.25, 0.3) is 0 Å². The van der Waals surface area contributed by atoms with Gasteiger partial charge in [-0.2, -0.15) is 0 Å². The van der Waals surface area contributed by atoms with E-state index in [9.17, 15) is 9.59 Å². The Balaban J connectivity index is 0.00000150. The van der Waals surface area contributed by atoms with Crippen molar-refractivity contribution in [1.82, 2.24) is 25.4 Å². The Morgan fingerprint density at radius 2 is 2.00 bits per heavy atom. The molecule has 29 heavy (non-hydrogen) atoms. The smallest absolute Gasteiger partial charge is 0.349 e. The normalized spacial score (nSPS) is 18.5. The molecule has 160 valence electrons. The van der Waals surface area contributed by atoms with Gasteiger partial charge in [0.15, 0.2) is 0 Å². The summed E-state index contributed by atoms with van der Waals surface area (Å²) in [6.45, 7) is 6.85. The average Bonchev–Trinajstić information content (AvgIpc) is 3.22. The molecule has 0 spiro atoms. The number of fused-ring (bicyclic) bond motifs is 1. The van der Waals surface area contributed by atoms with Gasteiger partial charge in [0.2, 0.25) is 0 Å². The molecule has 1 fully saturated rings. The number of nitrogens with one attached hydrogen (secondary N) is 2. The number of carbonyl (C=O) groups excluding carboxylic acids is 1. The molecule has 1 amide bonds. The number of piperidine rings is 1. The molecular weight excluding hydrogens is 417 g/mol. The first-order valence-electron chi connectivity index (χ1n) is 9.55. The molecule has 2 aliphatic rings. The van der Waals surface area contributed by atoms with E-state index in [2.05, 4.69) is 25.4 Å². The second-order valence-electron chi connectivity index (χ2n) is 7.57. The zero-order valence-electron chi connectivity index (χ0n) is 16.6. The van der Waals surface area contributed by atoms with Gasteiger partial charge in [0.05, 0.1) is 0 Å². The van der Waals surface area contributed by atoms with Gasteiger partial charge in [-0.25, -0.2) is 4.79 Å². The maximum Gasteiger partial charge on any atom is 0.349 e. The van der Waals surface area contributed by atoms with Crippen LogP contribution in [-0.4, -0.2) is 40.3 Å². The fourth-order valence-electron chi connectivity index (χ4n) is 4.07. The van der Waals surface area contributed by atoms with E-state index >= 15 is 0 Å². The number of hydrogen-bond donors (Lipinski definition) is 2. The molecule has 1 unspecified atom stereocenters. The second-order valence-corrected chi connectivity index (χ2v) is 7.57. The van der Waals surface area contributed by atoms with Crippen molar-refractivity contribution < 1.29 is 9.21 Å². The number of hydrogen-bond acceptors (Lipinski definition) is 6. The van der Waals surface area contributed by atoms with Crippen molar-refractivity contribution in [2.24, 2.45) is 5.92 Å². The second kappa shape index (κ2) is 9.73. The Labute approximate surface area is 181 Å². The van der Waals surface area contributed by atoms with Crippen LogP contribution >= 0.6 is 24.8 Å². The topological polar surface area (TPSA) is 102 Å². The van der Waals surface area contributed by atoms with Gasteiger partial charge in [-0.15, -0.1) is 35.0 Å². The molecule has 4 rings (SSSR count). The van der Waals surface area contributed by atoms with E-state index in [4.69, 9.17) is 4.42 Å². The third-order valence-corrected chi connectivity index (χ3v) is 5.61. The van der Waals surface area contributed by atoms with Crippen molar-refractivity contribution >= 4 is 30.7 Å². The Morgan fingerprint density at radius 1 is 1.28 bits per heavy atom. The lowest BCUT2D eigenvalue weighted by Crippen LogP contribution is -2.34. The third kappa shape index (κ3) is 4.82. The summed E-state index contributed by atoms with van der Waals surface area (Å²) in [5.74, 6) is 2.68. The maximum absolute atomic E-state index is 12.6. The number of rotatable bonds is 4. The zero-order valence-corrected chi connectivity index (χ0v) is 18.2. The highest BCUT2D eigenvalue weighted by Gasteiger charge is 2.26. The highest BCUT2D eigenvalue weighted by Crippen LogP contribution is 2.25. The van der Waals surface area contributed by atoms with Gasteiger partial charge >= 0.3 is 5.63 Å². The number of nitrogens with zero attached hydrogens (tertiary/aromatic N) is 3. The molecule has 4 heterocycles. The molecule has 8 nitrogen and oxygen atoms in total. The number of amides is 1. The van der Waals surface area contributed by atoms with Gasteiger partial charge in [-0.3, -0.25) is 4.79 Å². The first-order chi connectivity index (χ1) is 13.0. The van der Waals surface area contributed by atoms with E-state index in [0.29, 0.717) is 17.9 Å². The fraction of sp³-hybridized carbons (Fsp3) is 0.579. The molecule has 0 radical (unpaired) electrons. The first kappa shape index (κ1) is 23.4. The van der Waals surface area contributed by atoms with Crippen LogP contribution in [0.3, 0.4) is 0 Å². The highest BCUT2D eigenvalue weighted by molar-refractivity contribution is 5.95. The van der Waals surface area contributed by atoms with E-state index in [0.717, 1.165) is 50.5 Å². The maximum atomic E-state index is 12.6. The Kier molecular flexibility index (Phi) is 7.85. The molecule has 2 aromatic heterocycles. The van der Waals surface area contributed by atoms with Gasteiger partial charge in [-0.05, 0) is 51.4 Å². The summed E-state index contributed by atoms with van der Waals surface area (Å²) >= 11 is 0. The molecule has 2 aliphatic heterocycles. The summed E-state index contributed by atoms with van der Waals surface area (Å²) in [6, 6.07) is 1.85. The van der Waals surface area contributed by atoms with Crippen LogP contribution in [0.2, 0.25) is 0 Å². The summed E-state index contributed by atoms with van der Waals surface area (Å²) in [5.41, 5.74) is 0.248. The summed E-state index contributed by atoms with van der Waals surface area (Å²) < 4.78 is 7.58. The predicted octanol–water partition coefficient (Wildman–Crippen LogP) is 1.76. The van der Waals surface area contributed by atoms with E-state index in [-0.39, 0.29) is 48.1 Å². The lowest BCUT2D eigenvalue weighted by atomic mass is 9.94. The minimum absolute atomic E-state index is 0. The van der Waals surface area contributed by atoms with Gasteiger partial charge in [0.25, 0.3) is 5.91 Å². The van der Waals surface area contributed by atoms with Crippen molar-refractivity contribution in [1.29, 1.82) is 0 Å². The molecule has 0 bridgehead atoms. The molecule has 1 saturated heterocycles. The van der Waals surface area contributed by atoms with Crippen molar-refractivity contribution in [2.75, 3.05) is 19.6 Å². The van der Waals surface area contributed by atoms with Crippen LogP contribution in [0.1, 0.15) is 52.1 Å². The standard InChI is InChI=1S/C19H25N5O3.2ClH/c1-11-7-15(14-3-5-20-6-4-14)27-19(26)17(11)18(25)21-9-13-8-16-23-22-12(2)24(16)10-13;;/h7,13-14,20H,3-6,8-10H2,1-2H3,(H,21,25);2*1H. The minimum atomic E-state index is -0.541. The molecule has 1 atom stereocenters. The predicted molar refractivity (Wildman–Crippen MR) is 113 cm³/mol. The SMILES string of the molecule is Cc1cc(C2CCNCC2)oc(=O)c1C(=O)NCC1Cc2nnc(C)n2C1.Cl.Cl. The van der Waals surface area contributed by atoms with Crippen molar-refractivity contribution in [2.45, 2.75) is 45.6 Å².